The minimum atomic E-state index is 0.397. The molecule has 0 aromatic carbocycles. The van der Waals surface area contributed by atoms with Gasteiger partial charge in [-0.05, 0) is 37.0 Å². The molecule has 1 saturated carbocycles. The minimum Gasteiger partial charge on any atom is -0.381 e. The number of hydrogen-bond acceptors (Lipinski definition) is 2. The first-order valence-electron chi connectivity index (χ1n) is 6.18. The van der Waals surface area contributed by atoms with Crippen LogP contribution >= 0.6 is 0 Å². The van der Waals surface area contributed by atoms with Crippen LogP contribution in [0.25, 0.3) is 0 Å². The van der Waals surface area contributed by atoms with Crippen molar-refractivity contribution in [1.82, 2.24) is 4.90 Å². The first-order valence-corrected chi connectivity index (χ1v) is 6.18. The van der Waals surface area contributed by atoms with Crippen LogP contribution in [0.5, 0.6) is 0 Å². The Balaban J connectivity index is 1.47. The van der Waals surface area contributed by atoms with Crippen molar-refractivity contribution in [3.63, 3.8) is 0 Å². The average Bonchev–Trinajstić information content (AvgIpc) is 2.87. The number of hydrogen-bond donors (Lipinski definition) is 0. The van der Waals surface area contributed by atoms with Gasteiger partial charge in [0.05, 0.1) is 0 Å². The van der Waals surface area contributed by atoms with Crippen LogP contribution in [0.1, 0.15) is 25.7 Å². The Morgan fingerprint density at radius 1 is 1.20 bits per heavy atom. The van der Waals surface area contributed by atoms with Gasteiger partial charge in [-0.15, -0.1) is 0 Å². The van der Waals surface area contributed by atoms with Crippen molar-refractivity contribution in [3.05, 3.63) is 0 Å². The van der Waals surface area contributed by atoms with Crippen LogP contribution in [0.3, 0.4) is 0 Å². The fraction of sp³-hybridized carbons (Fsp3) is 0.917. The molecule has 84 valence electrons. The van der Waals surface area contributed by atoms with Crippen molar-refractivity contribution >= 4 is 5.91 Å². The number of carbonyl (C=O) groups excluding carboxylic acids is 1. The zero-order valence-electron chi connectivity index (χ0n) is 9.15. The van der Waals surface area contributed by atoms with E-state index in [1.807, 2.05) is 0 Å². The van der Waals surface area contributed by atoms with Crippen LogP contribution in [0, 0.1) is 17.8 Å². The molecule has 0 spiro atoms. The molecule has 0 aromatic rings. The first kappa shape index (κ1) is 9.64. The van der Waals surface area contributed by atoms with Crippen molar-refractivity contribution in [1.29, 1.82) is 0 Å². The lowest BCUT2D eigenvalue weighted by molar-refractivity contribution is -0.132. The average molecular weight is 209 g/mol. The molecule has 2 heterocycles. The highest BCUT2D eigenvalue weighted by Gasteiger charge is 2.46. The summed E-state index contributed by atoms with van der Waals surface area (Å²) in [5.41, 5.74) is 0. The van der Waals surface area contributed by atoms with Crippen LogP contribution in [0.4, 0.5) is 0 Å². The van der Waals surface area contributed by atoms with E-state index in [9.17, 15) is 4.79 Å². The van der Waals surface area contributed by atoms with E-state index in [0.29, 0.717) is 11.8 Å². The predicted octanol–water partition coefficient (Wildman–Crippen LogP) is 1.28. The third kappa shape index (κ3) is 2.03. The van der Waals surface area contributed by atoms with Gasteiger partial charge in [0.2, 0.25) is 5.91 Å². The fourth-order valence-electron chi connectivity index (χ4n) is 2.93. The summed E-state index contributed by atoms with van der Waals surface area (Å²) in [6.45, 7) is 3.80. The molecule has 15 heavy (non-hydrogen) atoms. The summed E-state index contributed by atoms with van der Waals surface area (Å²) in [5.74, 6) is 2.71. The molecule has 1 aliphatic carbocycles. The van der Waals surface area contributed by atoms with Crippen LogP contribution in [-0.4, -0.2) is 37.1 Å². The number of ether oxygens (including phenoxy) is 1. The molecule has 0 N–H and O–H groups in total. The zero-order chi connectivity index (χ0) is 10.3. The quantitative estimate of drug-likeness (QED) is 0.685. The summed E-state index contributed by atoms with van der Waals surface area (Å²) >= 11 is 0. The summed E-state index contributed by atoms with van der Waals surface area (Å²) in [7, 11) is 0. The third-order valence-corrected chi connectivity index (χ3v) is 4.14. The van der Waals surface area contributed by atoms with Crippen LogP contribution in [-0.2, 0) is 9.53 Å². The van der Waals surface area contributed by atoms with E-state index in [1.54, 1.807) is 0 Å². The third-order valence-electron chi connectivity index (χ3n) is 4.14. The largest absolute Gasteiger partial charge is 0.381 e. The highest BCUT2D eigenvalue weighted by atomic mass is 16.5. The van der Waals surface area contributed by atoms with Gasteiger partial charge in [0.15, 0.2) is 0 Å². The van der Waals surface area contributed by atoms with E-state index in [2.05, 4.69) is 4.90 Å². The molecule has 2 aliphatic heterocycles. The van der Waals surface area contributed by atoms with Crippen LogP contribution < -0.4 is 0 Å². The molecule has 0 radical (unpaired) electrons. The molecule has 0 aromatic heterocycles. The summed E-state index contributed by atoms with van der Waals surface area (Å²) in [5, 5.41) is 0. The van der Waals surface area contributed by atoms with Gasteiger partial charge in [0, 0.05) is 32.7 Å². The van der Waals surface area contributed by atoms with Crippen molar-refractivity contribution in [2.75, 3.05) is 26.3 Å². The Labute approximate surface area is 90.8 Å². The fourth-order valence-corrected chi connectivity index (χ4v) is 2.93. The lowest BCUT2D eigenvalue weighted by Gasteiger charge is -2.24. The van der Waals surface area contributed by atoms with E-state index < -0.39 is 0 Å². The number of rotatable bonds is 2. The second kappa shape index (κ2) is 3.78. The van der Waals surface area contributed by atoms with Gasteiger partial charge in [-0.3, -0.25) is 4.79 Å². The molecule has 3 rings (SSSR count). The van der Waals surface area contributed by atoms with Gasteiger partial charge < -0.3 is 9.64 Å². The van der Waals surface area contributed by atoms with Gasteiger partial charge in [-0.2, -0.15) is 0 Å². The Hall–Kier alpha value is -0.570. The molecule has 3 aliphatic rings. The lowest BCUT2D eigenvalue weighted by Crippen LogP contribution is -2.32. The first-order chi connectivity index (χ1) is 7.33. The minimum absolute atomic E-state index is 0.397. The molecule has 1 amide bonds. The van der Waals surface area contributed by atoms with Crippen LogP contribution in [0.15, 0.2) is 0 Å². The normalized spacial score (nSPS) is 35.3. The summed E-state index contributed by atoms with van der Waals surface area (Å²) in [4.78, 5) is 14.1. The Morgan fingerprint density at radius 3 is 2.53 bits per heavy atom. The highest BCUT2D eigenvalue weighted by molar-refractivity contribution is 5.77. The standard InChI is InChI=1S/C12H19NO2/c14-12(5-9-1-3-15-4-2-9)13-7-10-6-11(10)8-13/h9-11H,1-8H2. The molecule has 2 atom stereocenters. The molecule has 2 saturated heterocycles. The van der Waals surface area contributed by atoms with Crippen molar-refractivity contribution < 1.29 is 9.53 Å². The summed E-state index contributed by atoms with van der Waals surface area (Å²) in [6, 6.07) is 0. The zero-order valence-corrected chi connectivity index (χ0v) is 9.15. The van der Waals surface area contributed by atoms with Crippen molar-refractivity contribution in [2.45, 2.75) is 25.7 Å². The van der Waals surface area contributed by atoms with Gasteiger partial charge in [0.1, 0.15) is 0 Å². The summed E-state index contributed by atoms with van der Waals surface area (Å²) < 4.78 is 5.31. The maximum absolute atomic E-state index is 12.0. The van der Waals surface area contributed by atoms with Gasteiger partial charge >= 0.3 is 0 Å². The van der Waals surface area contributed by atoms with E-state index in [-0.39, 0.29) is 0 Å². The SMILES string of the molecule is O=C(CC1CCOCC1)N1CC2CC2C1. The van der Waals surface area contributed by atoms with E-state index in [1.165, 1.54) is 6.42 Å². The topological polar surface area (TPSA) is 29.5 Å². The Morgan fingerprint density at radius 2 is 1.87 bits per heavy atom. The monoisotopic (exact) mass is 209 g/mol. The van der Waals surface area contributed by atoms with Crippen molar-refractivity contribution in [2.24, 2.45) is 17.8 Å². The number of carbonyl (C=O) groups is 1. The predicted molar refractivity (Wildman–Crippen MR) is 56.3 cm³/mol. The molecule has 2 unspecified atom stereocenters. The maximum Gasteiger partial charge on any atom is 0.222 e. The highest BCUT2D eigenvalue weighted by Crippen LogP contribution is 2.45. The molecular formula is C12H19NO2. The number of piperidine rings is 1. The number of amides is 1. The van der Waals surface area contributed by atoms with E-state index in [4.69, 9.17) is 4.74 Å². The molecule has 0 bridgehead atoms. The molecule has 3 fully saturated rings. The smallest absolute Gasteiger partial charge is 0.222 e. The second-order valence-corrected chi connectivity index (χ2v) is 5.31. The van der Waals surface area contributed by atoms with Gasteiger partial charge in [-0.25, -0.2) is 0 Å². The Bertz CT molecular complexity index is 250. The number of likely N-dealkylation sites (tertiary alicyclic amines) is 1. The van der Waals surface area contributed by atoms with E-state index in [0.717, 1.165) is 57.4 Å². The molecule has 3 nitrogen and oxygen atoms in total. The molecule has 3 heteroatoms. The Kier molecular flexibility index (Phi) is 2.43. The van der Waals surface area contributed by atoms with Gasteiger partial charge in [0.25, 0.3) is 0 Å². The van der Waals surface area contributed by atoms with Crippen molar-refractivity contribution in [3.8, 4) is 0 Å². The van der Waals surface area contributed by atoms with Gasteiger partial charge in [-0.1, -0.05) is 0 Å². The number of fused-ring (bicyclic) bond motifs is 1. The van der Waals surface area contributed by atoms with E-state index >= 15 is 0 Å². The van der Waals surface area contributed by atoms with Crippen LogP contribution in [0.2, 0.25) is 0 Å². The molecular weight excluding hydrogens is 190 g/mol. The maximum atomic E-state index is 12.0. The lowest BCUT2D eigenvalue weighted by atomic mass is 9.96. The second-order valence-electron chi connectivity index (χ2n) is 5.31. The summed E-state index contributed by atoms with van der Waals surface area (Å²) in [6.07, 6.45) is 4.29. The number of nitrogens with zero attached hydrogens (tertiary/aromatic N) is 1.